The van der Waals surface area contributed by atoms with Gasteiger partial charge in [-0.2, -0.15) is 0 Å². The van der Waals surface area contributed by atoms with Crippen molar-refractivity contribution in [1.82, 2.24) is 4.90 Å². The van der Waals surface area contributed by atoms with E-state index in [1.54, 1.807) is 24.0 Å². The number of esters is 1. The molecule has 114 valence electrons. The van der Waals surface area contributed by atoms with Gasteiger partial charge in [0.25, 0.3) is 5.91 Å². The van der Waals surface area contributed by atoms with Gasteiger partial charge in [-0.25, -0.2) is 4.79 Å². The number of piperidine rings is 1. The molecule has 0 aliphatic carbocycles. The summed E-state index contributed by atoms with van der Waals surface area (Å²) in [7, 11) is 0. The standard InChI is InChI=1S/C15H17Cl2NO3/c1-2-21-15(20)13-5-3-4-8-18(13)14(19)10-6-7-11(16)12(17)9-10/h6-7,9,13H,2-5,8H2,1H3. The quantitative estimate of drug-likeness (QED) is 0.796. The number of likely N-dealkylation sites (tertiary alicyclic amines) is 1. The molecule has 1 fully saturated rings. The van der Waals surface area contributed by atoms with Crippen molar-refractivity contribution in [3.8, 4) is 0 Å². The van der Waals surface area contributed by atoms with E-state index in [2.05, 4.69) is 0 Å². The largest absolute Gasteiger partial charge is 0.464 e. The number of hydrogen-bond donors (Lipinski definition) is 0. The predicted octanol–water partition coefficient (Wildman–Crippen LogP) is 3.55. The topological polar surface area (TPSA) is 46.6 Å². The Morgan fingerprint density at radius 1 is 1.29 bits per heavy atom. The van der Waals surface area contributed by atoms with Gasteiger partial charge in [-0.1, -0.05) is 23.2 Å². The molecule has 0 saturated carbocycles. The van der Waals surface area contributed by atoms with Crippen molar-refractivity contribution in [2.24, 2.45) is 0 Å². The lowest BCUT2D eigenvalue weighted by Gasteiger charge is -2.34. The van der Waals surface area contributed by atoms with Gasteiger partial charge in [-0.05, 0) is 44.4 Å². The highest BCUT2D eigenvalue weighted by molar-refractivity contribution is 6.42. The lowest BCUT2D eigenvalue weighted by atomic mass is 10.0. The average Bonchev–Trinajstić information content (AvgIpc) is 2.49. The minimum atomic E-state index is -0.513. The SMILES string of the molecule is CCOC(=O)C1CCCCN1C(=O)c1ccc(Cl)c(Cl)c1. The highest BCUT2D eigenvalue weighted by atomic mass is 35.5. The third-order valence-electron chi connectivity index (χ3n) is 3.49. The van der Waals surface area contributed by atoms with Crippen LogP contribution in [0.25, 0.3) is 0 Å². The molecule has 2 rings (SSSR count). The van der Waals surface area contributed by atoms with Crippen molar-refractivity contribution in [2.45, 2.75) is 32.2 Å². The Kier molecular flexibility index (Phi) is 5.48. The van der Waals surface area contributed by atoms with Crippen LogP contribution in [0.1, 0.15) is 36.5 Å². The number of amides is 1. The van der Waals surface area contributed by atoms with E-state index in [-0.39, 0.29) is 11.9 Å². The van der Waals surface area contributed by atoms with Crippen LogP contribution < -0.4 is 0 Å². The number of halogens is 2. The summed E-state index contributed by atoms with van der Waals surface area (Å²) in [5, 5.41) is 0.723. The summed E-state index contributed by atoms with van der Waals surface area (Å²) in [6.07, 6.45) is 2.42. The first kappa shape index (κ1) is 16.1. The minimum Gasteiger partial charge on any atom is -0.464 e. The maximum atomic E-state index is 12.6. The Morgan fingerprint density at radius 3 is 2.71 bits per heavy atom. The van der Waals surface area contributed by atoms with Gasteiger partial charge < -0.3 is 9.64 Å². The molecule has 6 heteroatoms. The van der Waals surface area contributed by atoms with E-state index in [9.17, 15) is 9.59 Å². The molecule has 1 unspecified atom stereocenters. The van der Waals surface area contributed by atoms with E-state index in [1.165, 1.54) is 6.07 Å². The number of carbonyl (C=O) groups excluding carboxylic acids is 2. The van der Waals surface area contributed by atoms with Crippen LogP contribution in [0.2, 0.25) is 10.0 Å². The monoisotopic (exact) mass is 329 g/mol. The molecule has 0 bridgehead atoms. The van der Waals surface area contributed by atoms with Crippen LogP contribution in [0.5, 0.6) is 0 Å². The minimum absolute atomic E-state index is 0.216. The summed E-state index contributed by atoms with van der Waals surface area (Å²) in [6, 6.07) is 4.22. The van der Waals surface area contributed by atoms with Gasteiger partial charge in [0.05, 0.1) is 16.7 Å². The lowest BCUT2D eigenvalue weighted by molar-refractivity contribution is -0.149. The second-order valence-electron chi connectivity index (χ2n) is 4.89. The normalized spacial score (nSPS) is 18.4. The van der Waals surface area contributed by atoms with E-state index in [4.69, 9.17) is 27.9 Å². The van der Waals surface area contributed by atoms with Crippen molar-refractivity contribution in [3.05, 3.63) is 33.8 Å². The number of hydrogen-bond acceptors (Lipinski definition) is 3. The molecule has 21 heavy (non-hydrogen) atoms. The number of benzene rings is 1. The second-order valence-corrected chi connectivity index (χ2v) is 5.71. The summed E-state index contributed by atoms with van der Waals surface area (Å²) in [5.74, 6) is -0.558. The van der Waals surface area contributed by atoms with Gasteiger partial charge in [0.1, 0.15) is 6.04 Å². The summed E-state index contributed by atoms with van der Waals surface area (Å²) in [5.41, 5.74) is 0.431. The molecule has 1 aliphatic rings. The first-order valence-electron chi connectivity index (χ1n) is 6.97. The average molecular weight is 330 g/mol. The molecule has 4 nitrogen and oxygen atoms in total. The maximum Gasteiger partial charge on any atom is 0.328 e. The highest BCUT2D eigenvalue weighted by Crippen LogP contribution is 2.25. The van der Waals surface area contributed by atoms with Crippen LogP contribution in [-0.4, -0.2) is 36.0 Å². The summed E-state index contributed by atoms with van der Waals surface area (Å²) >= 11 is 11.8. The van der Waals surface area contributed by atoms with Crippen LogP contribution >= 0.6 is 23.2 Å². The molecule has 1 atom stereocenters. The Hall–Kier alpha value is -1.26. The fourth-order valence-electron chi connectivity index (χ4n) is 2.45. The first-order valence-corrected chi connectivity index (χ1v) is 7.73. The first-order chi connectivity index (χ1) is 10.0. The van der Waals surface area contributed by atoms with Crippen LogP contribution in [0.15, 0.2) is 18.2 Å². The molecule has 1 amide bonds. The Morgan fingerprint density at radius 2 is 2.05 bits per heavy atom. The Labute approximate surface area is 134 Å². The molecule has 0 N–H and O–H groups in total. The summed E-state index contributed by atoms with van der Waals surface area (Å²) in [4.78, 5) is 26.2. The molecule has 0 radical (unpaired) electrons. The second kappa shape index (κ2) is 7.14. The van der Waals surface area contributed by atoms with Gasteiger partial charge in [0.15, 0.2) is 0 Å². The zero-order chi connectivity index (χ0) is 15.4. The third-order valence-corrected chi connectivity index (χ3v) is 4.23. The van der Waals surface area contributed by atoms with Crippen LogP contribution in [0, 0.1) is 0 Å². The van der Waals surface area contributed by atoms with Crippen LogP contribution in [0.3, 0.4) is 0 Å². The molecule has 1 aromatic carbocycles. The molecular weight excluding hydrogens is 313 g/mol. The maximum absolute atomic E-state index is 12.6. The fourth-order valence-corrected chi connectivity index (χ4v) is 2.75. The fraction of sp³-hybridized carbons (Fsp3) is 0.467. The molecule has 1 aliphatic heterocycles. The van der Waals surface area contributed by atoms with Crippen molar-refractivity contribution in [1.29, 1.82) is 0 Å². The van der Waals surface area contributed by atoms with Gasteiger partial charge in [0, 0.05) is 12.1 Å². The molecular formula is C15H17Cl2NO3. The number of rotatable bonds is 3. The number of carbonyl (C=O) groups is 2. The smallest absolute Gasteiger partial charge is 0.328 e. The molecule has 1 saturated heterocycles. The number of ether oxygens (including phenoxy) is 1. The molecule has 1 heterocycles. The van der Waals surface area contributed by atoms with E-state index in [0.717, 1.165) is 12.8 Å². The predicted molar refractivity (Wildman–Crippen MR) is 81.8 cm³/mol. The van der Waals surface area contributed by atoms with Crippen molar-refractivity contribution >= 4 is 35.1 Å². The van der Waals surface area contributed by atoms with Gasteiger partial charge in [0.2, 0.25) is 0 Å². The summed E-state index contributed by atoms with van der Waals surface area (Å²) < 4.78 is 5.06. The lowest BCUT2D eigenvalue weighted by Crippen LogP contribution is -2.48. The van der Waals surface area contributed by atoms with Gasteiger partial charge >= 0.3 is 5.97 Å². The zero-order valence-corrected chi connectivity index (χ0v) is 13.3. The van der Waals surface area contributed by atoms with Crippen molar-refractivity contribution in [3.63, 3.8) is 0 Å². The highest BCUT2D eigenvalue weighted by Gasteiger charge is 2.33. The van der Waals surface area contributed by atoms with Crippen LogP contribution in [-0.2, 0) is 9.53 Å². The van der Waals surface area contributed by atoms with E-state index < -0.39 is 6.04 Å². The Bertz CT molecular complexity index is 548. The van der Waals surface area contributed by atoms with Crippen LogP contribution in [0.4, 0.5) is 0 Å². The molecule has 0 spiro atoms. The van der Waals surface area contributed by atoms with E-state index in [0.29, 0.717) is 35.2 Å². The van der Waals surface area contributed by atoms with Gasteiger partial charge in [-0.15, -0.1) is 0 Å². The van der Waals surface area contributed by atoms with Crippen molar-refractivity contribution in [2.75, 3.05) is 13.2 Å². The molecule has 0 aromatic heterocycles. The molecule has 1 aromatic rings. The van der Waals surface area contributed by atoms with Crippen molar-refractivity contribution < 1.29 is 14.3 Å². The van der Waals surface area contributed by atoms with Gasteiger partial charge in [-0.3, -0.25) is 4.79 Å². The van der Waals surface area contributed by atoms with E-state index >= 15 is 0 Å². The zero-order valence-electron chi connectivity index (χ0n) is 11.8. The van der Waals surface area contributed by atoms with E-state index in [1.807, 2.05) is 0 Å². The summed E-state index contributed by atoms with van der Waals surface area (Å²) in [6.45, 7) is 2.61. The Balaban J connectivity index is 2.21. The number of nitrogens with zero attached hydrogens (tertiary/aromatic N) is 1. The third kappa shape index (κ3) is 3.69.